The zero-order valence-electron chi connectivity index (χ0n) is 9.78. The van der Waals surface area contributed by atoms with Gasteiger partial charge >= 0.3 is 0 Å². The van der Waals surface area contributed by atoms with Crippen molar-refractivity contribution >= 4 is 21.6 Å². The van der Waals surface area contributed by atoms with Crippen molar-refractivity contribution in [2.45, 2.75) is 25.9 Å². The number of aliphatic hydroxyl groups is 1. The van der Waals surface area contributed by atoms with E-state index >= 15 is 0 Å². The van der Waals surface area contributed by atoms with Gasteiger partial charge in [0.15, 0.2) is 0 Å². The fourth-order valence-electron chi connectivity index (χ4n) is 1.89. The molecule has 88 valence electrons. The van der Waals surface area contributed by atoms with Crippen molar-refractivity contribution < 1.29 is 5.11 Å². The van der Waals surface area contributed by atoms with E-state index in [1.807, 2.05) is 6.07 Å². The van der Waals surface area contributed by atoms with E-state index in [1.165, 1.54) is 18.5 Å². The third-order valence-electron chi connectivity index (χ3n) is 3.10. The lowest BCUT2D eigenvalue weighted by atomic mass is 10.1. The first-order valence-corrected chi connectivity index (χ1v) is 6.56. The first-order chi connectivity index (χ1) is 7.58. The van der Waals surface area contributed by atoms with Crippen molar-refractivity contribution in [1.82, 2.24) is 0 Å². The molecule has 0 unspecified atom stereocenters. The molecule has 2 nitrogen and oxygen atoms in total. The molecule has 1 N–H and O–H groups in total. The monoisotopic (exact) mass is 283 g/mol. The summed E-state index contributed by atoms with van der Waals surface area (Å²) in [6.07, 6.45) is 2.33. The van der Waals surface area contributed by atoms with Crippen LogP contribution in [-0.2, 0) is 0 Å². The smallest absolute Gasteiger partial charge is 0.0772 e. The van der Waals surface area contributed by atoms with Crippen LogP contribution in [0.5, 0.6) is 0 Å². The SMILES string of the molecule is C[C@@H](O)c1ccc(N(C)CC2CC2)cc1Br. The molecule has 1 fully saturated rings. The molecule has 0 saturated heterocycles. The highest BCUT2D eigenvalue weighted by molar-refractivity contribution is 9.10. The van der Waals surface area contributed by atoms with E-state index in [9.17, 15) is 5.11 Å². The van der Waals surface area contributed by atoms with Gasteiger partial charge in [-0.1, -0.05) is 22.0 Å². The Morgan fingerprint density at radius 3 is 2.69 bits per heavy atom. The van der Waals surface area contributed by atoms with Gasteiger partial charge in [0.2, 0.25) is 0 Å². The molecule has 1 aliphatic rings. The second-order valence-electron chi connectivity index (χ2n) is 4.71. The Morgan fingerprint density at radius 1 is 1.50 bits per heavy atom. The molecule has 0 aromatic heterocycles. The Hall–Kier alpha value is -0.540. The summed E-state index contributed by atoms with van der Waals surface area (Å²) in [5, 5.41) is 9.55. The molecule has 0 bridgehead atoms. The van der Waals surface area contributed by atoms with Gasteiger partial charge in [-0.15, -0.1) is 0 Å². The summed E-state index contributed by atoms with van der Waals surface area (Å²) >= 11 is 3.51. The van der Waals surface area contributed by atoms with E-state index in [1.54, 1.807) is 6.92 Å². The summed E-state index contributed by atoms with van der Waals surface area (Å²) in [6.45, 7) is 2.92. The minimum absolute atomic E-state index is 0.419. The van der Waals surface area contributed by atoms with Crippen molar-refractivity contribution in [2.24, 2.45) is 5.92 Å². The topological polar surface area (TPSA) is 23.5 Å². The molecule has 1 saturated carbocycles. The second-order valence-corrected chi connectivity index (χ2v) is 5.56. The van der Waals surface area contributed by atoms with Crippen LogP contribution in [0.1, 0.15) is 31.4 Å². The maximum atomic E-state index is 9.55. The van der Waals surface area contributed by atoms with E-state index in [4.69, 9.17) is 0 Å². The predicted molar refractivity (Wildman–Crippen MR) is 70.8 cm³/mol. The quantitative estimate of drug-likeness (QED) is 0.916. The Bertz CT molecular complexity index is 374. The summed E-state index contributed by atoms with van der Waals surface area (Å²) in [7, 11) is 2.13. The molecule has 0 spiro atoms. The Balaban J connectivity index is 2.12. The number of benzene rings is 1. The average Bonchev–Trinajstić information content (AvgIpc) is 3.00. The van der Waals surface area contributed by atoms with Crippen molar-refractivity contribution in [1.29, 1.82) is 0 Å². The van der Waals surface area contributed by atoms with Gasteiger partial charge in [-0.25, -0.2) is 0 Å². The van der Waals surface area contributed by atoms with E-state index in [2.05, 4.69) is 40.0 Å². The van der Waals surface area contributed by atoms with E-state index < -0.39 is 6.10 Å². The molecule has 3 heteroatoms. The van der Waals surface area contributed by atoms with Gasteiger partial charge < -0.3 is 10.0 Å². The first kappa shape index (κ1) is 11.9. The van der Waals surface area contributed by atoms with Gasteiger partial charge in [-0.05, 0) is 43.4 Å². The Labute approximate surface area is 105 Å². The minimum Gasteiger partial charge on any atom is -0.389 e. The van der Waals surface area contributed by atoms with Gasteiger partial charge in [-0.2, -0.15) is 0 Å². The summed E-state index contributed by atoms with van der Waals surface area (Å²) in [5.74, 6) is 0.889. The van der Waals surface area contributed by atoms with Gasteiger partial charge in [0.25, 0.3) is 0 Å². The first-order valence-electron chi connectivity index (χ1n) is 5.76. The molecular formula is C13H18BrNO. The highest BCUT2D eigenvalue weighted by Crippen LogP contribution is 2.32. The largest absolute Gasteiger partial charge is 0.389 e. The van der Waals surface area contributed by atoms with Crippen molar-refractivity contribution in [2.75, 3.05) is 18.5 Å². The molecule has 1 aromatic rings. The van der Waals surface area contributed by atoms with Crippen molar-refractivity contribution in [3.05, 3.63) is 28.2 Å². The van der Waals surface area contributed by atoms with Crippen LogP contribution in [0.25, 0.3) is 0 Å². The second kappa shape index (κ2) is 4.76. The van der Waals surface area contributed by atoms with Crippen molar-refractivity contribution in [3.63, 3.8) is 0 Å². The predicted octanol–water partition coefficient (Wildman–Crippen LogP) is 3.35. The number of nitrogens with zero attached hydrogens (tertiary/aromatic N) is 1. The minimum atomic E-state index is -0.419. The molecule has 1 atom stereocenters. The standard InChI is InChI=1S/C13H18BrNO/c1-9(16)12-6-5-11(7-13(12)14)15(2)8-10-3-4-10/h5-7,9-10,16H,3-4,8H2,1-2H3/t9-/m1/s1. The maximum Gasteiger partial charge on any atom is 0.0772 e. The molecule has 2 rings (SSSR count). The zero-order valence-corrected chi connectivity index (χ0v) is 11.4. The fraction of sp³-hybridized carbons (Fsp3) is 0.538. The number of hydrogen-bond donors (Lipinski definition) is 1. The van der Waals surface area contributed by atoms with E-state index in [0.717, 1.165) is 22.5 Å². The van der Waals surface area contributed by atoms with Crippen LogP contribution in [0.4, 0.5) is 5.69 Å². The number of halogens is 1. The summed E-state index contributed by atoms with van der Waals surface area (Å²) in [5.41, 5.74) is 2.16. The lowest BCUT2D eigenvalue weighted by Crippen LogP contribution is -2.19. The van der Waals surface area contributed by atoms with Crippen LogP contribution in [0.2, 0.25) is 0 Å². The lowest BCUT2D eigenvalue weighted by molar-refractivity contribution is 0.198. The highest BCUT2D eigenvalue weighted by Gasteiger charge is 2.23. The maximum absolute atomic E-state index is 9.55. The molecule has 1 aliphatic carbocycles. The van der Waals surface area contributed by atoms with Crippen molar-refractivity contribution in [3.8, 4) is 0 Å². The fourth-order valence-corrected chi connectivity index (χ4v) is 2.58. The molecule has 1 aromatic carbocycles. The third-order valence-corrected chi connectivity index (χ3v) is 3.79. The van der Waals surface area contributed by atoms with Crippen LogP contribution in [-0.4, -0.2) is 18.7 Å². The van der Waals surface area contributed by atoms with Crippen LogP contribution in [0.3, 0.4) is 0 Å². The number of rotatable bonds is 4. The zero-order chi connectivity index (χ0) is 11.7. The lowest BCUT2D eigenvalue weighted by Gasteiger charge is -2.20. The van der Waals surface area contributed by atoms with Crippen LogP contribution >= 0.6 is 15.9 Å². The van der Waals surface area contributed by atoms with Crippen LogP contribution in [0, 0.1) is 5.92 Å². The molecule has 0 amide bonds. The normalized spacial score (nSPS) is 17.2. The number of anilines is 1. The Kier molecular flexibility index (Phi) is 3.55. The summed E-state index contributed by atoms with van der Waals surface area (Å²) < 4.78 is 0.989. The number of aliphatic hydroxyl groups excluding tert-OH is 1. The van der Waals surface area contributed by atoms with Gasteiger partial charge in [0.05, 0.1) is 6.10 Å². The summed E-state index contributed by atoms with van der Waals surface area (Å²) in [6, 6.07) is 6.16. The number of hydrogen-bond acceptors (Lipinski definition) is 2. The molecule has 0 radical (unpaired) electrons. The van der Waals surface area contributed by atoms with Crippen LogP contribution in [0.15, 0.2) is 22.7 Å². The van der Waals surface area contributed by atoms with Gasteiger partial charge in [0.1, 0.15) is 0 Å². The van der Waals surface area contributed by atoms with Crippen LogP contribution < -0.4 is 4.90 Å². The Morgan fingerprint density at radius 2 is 2.19 bits per heavy atom. The molecule has 0 heterocycles. The third kappa shape index (κ3) is 2.77. The molecule has 16 heavy (non-hydrogen) atoms. The van der Waals surface area contributed by atoms with Gasteiger partial charge in [-0.3, -0.25) is 0 Å². The summed E-state index contributed by atoms with van der Waals surface area (Å²) in [4.78, 5) is 2.29. The molecular weight excluding hydrogens is 266 g/mol. The average molecular weight is 284 g/mol. The van der Waals surface area contributed by atoms with E-state index in [-0.39, 0.29) is 0 Å². The van der Waals surface area contributed by atoms with E-state index in [0.29, 0.717) is 0 Å². The van der Waals surface area contributed by atoms with Gasteiger partial charge in [0, 0.05) is 23.8 Å². The highest BCUT2D eigenvalue weighted by atomic mass is 79.9. The molecule has 0 aliphatic heterocycles.